The van der Waals surface area contributed by atoms with E-state index in [2.05, 4.69) is 30.4 Å². The molecular formula is C14H14N2OS. The van der Waals surface area contributed by atoms with Gasteiger partial charge in [-0.25, -0.2) is 0 Å². The summed E-state index contributed by atoms with van der Waals surface area (Å²) in [6.07, 6.45) is 0. The Morgan fingerprint density at radius 2 is 2.17 bits per heavy atom. The summed E-state index contributed by atoms with van der Waals surface area (Å²) in [5.74, 6) is 0.697. The van der Waals surface area contributed by atoms with Crippen LogP contribution in [0, 0.1) is 18.3 Å². The van der Waals surface area contributed by atoms with Crippen LogP contribution in [0.1, 0.15) is 15.3 Å². The molecule has 3 nitrogen and oxygen atoms in total. The van der Waals surface area contributed by atoms with E-state index in [0.717, 1.165) is 12.2 Å². The molecule has 1 heterocycles. The predicted molar refractivity (Wildman–Crippen MR) is 74.1 cm³/mol. The summed E-state index contributed by atoms with van der Waals surface area (Å²) >= 11 is 1.77. The van der Waals surface area contributed by atoms with E-state index in [9.17, 15) is 0 Å². The molecule has 2 aromatic rings. The van der Waals surface area contributed by atoms with Crippen molar-refractivity contribution in [3.63, 3.8) is 0 Å². The van der Waals surface area contributed by atoms with Crippen molar-refractivity contribution in [3.05, 3.63) is 45.6 Å². The summed E-state index contributed by atoms with van der Waals surface area (Å²) in [5.41, 5.74) is 1.51. The number of hydrogen-bond donors (Lipinski definition) is 1. The molecule has 0 spiro atoms. The maximum absolute atomic E-state index is 8.83. The standard InChI is InChI=1S/C14H14N2OS/c1-10-3-5-12(18-10)9-16-13-6-4-11(8-15)7-14(13)17-2/h3-7,16H,9H2,1-2H3. The Morgan fingerprint density at radius 1 is 1.33 bits per heavy atom. The average molecular weight is 258 g/mol. The Kier molecular flexibility index (Phi) is 3.85. The van der Waals surface area contributed by atoms with E-state index < -0.39 is 0 Å². The van der Waals surface area contributed by atoms with Crippen molar-refractivity contribution < 1.29 is 4.74 Å². The van der Waals surface area contributed by atoms with Gasteiger partial charge in [-0.05, 0) is 31.2 Å². The summed E-state index contributed by atoms with van der Waals surface area (Å²) in [4.78, 5) is 2.58. The summed E-state index contributed by atoms with van der Waals surface area (Å²) in [6.45, 7) is 2.86. The van der Waals surface area contributed by atoms with Crippen LogP contribution in [0.25, 0.3) is 0 Å². The Balaban J connectivity index is 2.12. The fourth-order valence-electron chi connectivity index (χ4n) is 1.67. The number of hydrogen-bond acceptors (Lipinski definition) is 4. The normalized spacial score (nSPS) is 9.83. The molecule has 0 aliphatic heterocycles. The number of benzene rings is 1. The van der Waals surface area contributed by atoms with E-state index in [1.807, 2.05) is 6.07 Å². The van der Waals surface area contributed by atoms with Gasteiger partial charge in [0.15, 0.2) is 0 Å². The number of anilines is 1. The maximum Gasteiger partial charge on any atom is 0.143 e. The van der Waals surface area contributed by atoms with Crippen molar-refractivity contribution in [2.75, 3.05) is 12.4 Å². The third kappa shape index (κ3) is 2.82. The van der Waals surface area contributed by atoms with E-state index in [-0.39, 0.29) is 0 Å². The number of rotatable bonds is 4. The topological polar surface area (TPSA) is 45.0 Å². The first-order chi connectivity index (χ1) is 8.72. The molecule has 0 aliphatic carbocycles. The number of thiophene rings is 1. The van der Waals surface area contributed by atoms with Crippen LogP contribution >= 0.6 is 11.3 Å². The van der Waals surface area contributed by atoms with Gasteiger partial charge in [-0.2, -0.15) is 5.26 Å². The molecule has 0 saturated carbocycles. The van der Waals surface area contributed by atoms with Crippen LogP contribution in [0.4, 0.5) is 5.69 Å². The lowest BCUT2D eigenvalue weighted by atomic mass is 10.2. The molecule has 1 aromatic heterocycles. The molecule has 0 radical (unpaired) electrons. The van der Waals surface area contributed by atoms with E-state index >= 15 is 0 Å². The van der Waals surface area contributed by atoms with E-state index in [4.69, 9.17) is 10.00 Å². The zero-order valence-corrected chi connectivity index (χ0v) is 11.2. The van der Waals surface area contributed by atoms with Crippen LogP contribution < -0.4 is 10.1 Å². The number of nitrogens with one attached hydrogen (secondary N) is 1. The molecule has 0 aliphatic rings. The average Bonchev–Trinajstić information content (AvgIpc) is 2.82. The van der Waals surface area contributed by atoms with Gasteiger partial charge in [0, 0.05) is 22.4 Å². The van der Waals surface area contributed by atoms with Crippen LogP contribution in [0.3, 0.4) is 0 Å². The molecule has 92 valence electrons. The number of nitrogens with zero attached hydrogens (tertiary/aromatic N) is 1. The maximum atomic E-state index is 8.83. The SMILES string of the molecule is COc1cc(C#N)ccc1NCc1ccc(C)s1. The van der Waals surface area contributed by atoms with Crippen molar-refractivity contribution in [1.29, 1.82) is 5.26 Å². The molecule has 1 aromatic carbocycles. The van der Waals surface area contributed by atoms with Crippen molar-refractivity contribution in [2.24, 2.45) is 0 Å². The van der Waals surface area contributed by atoms with Gasteiger partial charge in [0.05, 0.1) is 24.4 Å². The largest absolute Gasteiger partial charge is 0.495 e. The third-order valence-electron chi connectivity index (χ3n) is 2.58. The molecule has 0 fully saturated rings. The van der Waals surface area contributed by atoms with E-state index in [1.54, 1.807) is 30.6 Å². The summed E-state index contributed by atoms with van der Waals surface area (Å²) in [6, 6.07) is 11.7. The second kappa shape index (κ2) is 5.56. The molecular weight excluding hydrogens is 244 g/mol. The Hall–Kier alpha value is -1.99. The van der Waals surface area contributed by atoms with Crippen molar-refractivity contribution in [1.82, 2.24) is 0 Å². The molecule has 0 unspecified atom stereocenters. The van der Waals surface area contributed by atoms with Gasteiger partial charge in [-0.15, -0.1) is 11.3 Å². The predicted octanol–water partition coefficient (Wildman–Crippen LogP) is 3.55. The first-order valence-electron chi connectivity index (χ1n) is 5.60. The lowest BCUT2D eigenvalue weighted by Crippen LogP contribution is -2.00. The molecule has 0 atom stereocenters. The van der Waals surface area contributed by atoms with Crippen LogP contribution in [0.15, 0.2) is 30.3 Å². The van der Waals surface area contributed by atoms with Gasteiger partial charge in [0.2, 0.25) is 0 Å². The Morgan fingerprint density at radius 3 is 2.78 bits per heavy atom. The van der Waals surface area contributed by atoms with Crippen molar-refractivity contribution in [3.8, 4) is 11.8 Å². The first-order valence-corrected chi connectivity index (χ1v) is 6.42. The number of nitriles is 1. The lowest BCUT2D eigenvalue weighted by molar-refractivity contribution is 0.416. The van der Waals surface area contributed by atoms with Crippen molar-refractivity contribution in [2.45, 2.75) is 13.5 Å². The molecule has 0 bridgehead atoms. The fourth-order valence-corrected chi connectivity index (χ4v) is 2.50. The zero-order valence-electron chi connectivity index (χ0n) is 10.4. The lowest BCUT2D eigenvalue weighted by Gasteiger charge is -2.10. The minimum Gasteiger partial charge on any atom is -0.495 e. The second-order valence-corrected chi connectivity index (χ2v) is 5.27. The molecule has 0 saturated heterocycles. The van der Waals surface area contributed by atoms with Crippen LogP contribution in [0.5, 0.6) is 5.75 Å². The molecule has 18 heavy (non-hydrogen) atoms. The van der Waals surface area contributed by atoms with Gasteiger partial charge in [0.25, 0.3) is 0 Å². The monoisotopic (exact) mass is 258 g/mol. The van der Waals surface area contributed by atoms with E-state index in [0.29, 0.717) is 11.3 Å². The summed E-state index contributed by atoms with van der Waals surface area (Å²) in [5, 5.41) is 12.2. The minimum absolute atomic E-state index is 0.601. The molecule has 0 amide bonds. The summed E-state index contributed by atoms with van der Waals surface area (Å²) < 4.78 is 5.27. The highest BCUT2D eigenvalue weighted by molar-refractivity contribution is 7.11. The highest BCUT2D eigenvalue weighted by atomic mass is 32.1. The fraction of sp³-hybridized carbons (Fsp3) is 0.214. The first kappa shape index (κ1) is 12.5. The number of ether oxygens (including phenoxy) is 1. The Bertz CT molecular complexity index is 584. The highest BCUT2D eigenvalue weighted by Gasteiger charge is 2.04. The van der Waals surface area contributed by atoms with Gasteiger partial charge >= 0.3 is 0 Å². The smallest absolute Gasteiger partial charge is 0.143 e. The third-order valence-corrected chi connectivity index (χ3v) is 3.58. The quantitative estimate of drug-likeness (QED) is 0.912. The molecule has 1 N–H and O–H groups in total. The Labute approximate surface area is 111 Å². The van der Waals surface area contributed by atoms with Crippen LogP contribution in [-0.4, -0.2) is 7.11 Å². The summed E-state index contributed by atoms with van der Waals surface area (Å²) in [7, 11) is 1.61. The minimum atomic E-state index is 0.601. The van der Waals surface area contributed by atoms with Gasteiger partial charge in [-0.1, -0.05) is 0 Å². The van der Waals surface area contributed by atoms with Gasteiger partial charge < -0.3 is 10.1 Å². The van der Waals surface area contributed by atoms with Crippen LogP contribution in [-0.2, 0) is 6.54 Å². The van der Waals surface area contributed by atoms with Crippen LogP contribution in [0.2, 0.25) is 0 Å². The van der Waals surface area contributed by atoms with Crippen molar-refractivity contribution >= 4 is 17.0 Å². The number of methoxy groups -OCH3 is 1. The highest BCUT2D eigenvalue weighted by Crippen LogP contribution is 2.26. The number of aryl methyl sites for hydroxylation is 1. The van der Waals surface area contributed by atoms with Gasteiger partial charge in [0.1, 0.15) is 5.75 Å². The molecule has 4 heteroatoms. The molecule has 2 rings (SSSR count). The van der Waals surface area contributed by atoms with E-state index in [1.165, 1.54) is 9.75 Å². The van der Waals surface area contributed by atoms with Gasteiger partial charge in [-0.3, -0.25) is 0 Å². The zero-order chi connectivity index (χ0) is 13.0. The second-order valence-electron chi connectivity index (χ2n) is 3.89.